The largest absolute Gasteiger partial charge is 0.456 e. The SMILES string of the molecule is Cc1sc2nc(COC(=O)C(NC(=O)c3ccc(Cl)cc3Cl)C(C)C)[nH]c(=O)c2c1C. The summed E-state index contributed by atoms with van der Waals surface area (Å²) in [6.45, 7) is 7.12. The maximum Gasteiger partial charge on any atom is 0.329 e. The van der Waals surface area contributed by atoms with E-state index in [0.717, 1.165) is 10.4 Å². The molecule has 7 nitrogen and oxygen atoms in total. The minimum atomic E-state index is -0.916. The lowest BCUT2D eigenvalue weighted by Crippen LogP contribution is -2.45. The van der Waals surface area contributed by atoms with Gasteiger partial charge in [-0.1, -0.05) is 37.0 Å². The average Bonchev–Trinajstić information content (AvgIpc) is 2.97. The molecule has 0 saturated carbocycles. The molecule has 0 aliphatic heterocycles. The Labute approximate surface area is 192 Å². The van der Waals surface area contributed by atoms with Crippen molar-refractivity contribution in [2.24, 2.45) is 5.92 Å². The predicted molar refractivity (Wildman–Crippen MR) is 122 cm³/mol. The molecule has 0 spiro atoms. The van der Waals surface area contributed by atoms with Crippen LogP contribution in [-0.4, -0.2) is 27.9 Å². The molecule has 1 aromatic carbocycles. The third-order valence-corrected chi connectivity index (χ3v) is 6.47. The van der Waals surface area contributed by atoms with Crippen LogP contribution in [0.2, 0.25) is 10.0 Å². The van der Waals surface area contributed by atoms with Crippen LogP contribution in [0.3, 0.4) is 0 Å². The molecule has 31 heavy (non-hydrogen) atoms. The number of rotatable bonds is 6. The molecule has 0 bridgehead atoms. The van der Waals surface area contributed by atoms with Gasteiger partial charge in [-0.2, -0.15) is 0 Å². The number of amides is 1. The molecule has 164 valence electrons. The molecule has 0 aliphatic carbocycles. The number of hydrogen-bond donors (Lipinski definition) is 2. The van der Waals surface area contributed by atoms with E-state index in [1.807, 2.05) is 13.8 Å². The highest BCUT2D eigenvalue weighted by atomic mass is 35.5. The molecule has 3 rings (SSSR count). The molecule has 1 amide bonds. The number of H-pyrrole nitrogens is 1. The van der Waals surface area contributed by atoms with Gasteiger partial charge in [0.05, 0.1) is 16.0 Å². The van der Waals surface area contributed by atoms with E-state index < -0.39 is 17.9 Å². The number of thiophene rings is 1. The first-order valence-corrected chi connectivity index (χ1v) is 11.1. The van der Waals surface area contributed by atoms with Crippen molar-refractivity contribution in [1.29, 1.82) is 0 Å². The van der Waals surface area contributed by atoms with Gasteiger partial charge in [0.15, 0.2) is 0 Å². The van der Waals surface area contributed by atoms with Gasteiger partial charge in [0.25, 0.3) is 11.5 Å². The Kier molecular flexibility index (Phi) is 7.03. The lowest BCUT2D eigenvalue weighted by molar-refractivity contribution is -0.148. The second-order valence-corrected chi connectivity index (χ2v) is 9.45. The van der Waals surface area contributed by atoms with Gasteiger partial charge in [0.1, 0.15) is 23.3 Å². The number of aromatic nitrogens is 2. The van der Waals surface area contributed by atoms with Gasteiger partial charge < -0.3 is 15.0 Å². The number of esters is 1. The van der Waals surface area contributed by atoms with Crippen LogP contribution in [0.5, 0.6) is 0 Å². The molecule has 1 atom stereocenters. The highest BCUT2D eigenvalue weighted by Gasteiger charge is 2.27. The van der Waals surface area contributed by atoms with E-state index in [4.69, 9.17) is 27.9 Å². The number of nitrogens with one attached hydrogen (secondary N) is 2. The first-order valence-electron chi connectivity index (χ1n) is 9.50. The lowest BCUT2D eigenvalue weighted by Gasteiger charge is -2.21. The molecule has 0 fully saturated rings. The zero-order chi connectivity index (χ0) is 22.9. The first kappa shape index (κ1) is 23.2. The molecular weight excluding hydrogens is 461 g/mol. The Hall–Kier alpha value is -2.42. The third-order valence-electron chi connectivity index (χ3n) is 4.82. The van der Waals surface area contributed by atoms with Crippen molar-refractivity contribution in [2.75, 3.05) is 0 Å². The summed E-state index contributed by atoms with van der Waals surface area (Å²) in [4.78, 5) is 46.3. The molecule has 10 heteroatoms. The Morgan fingerprint density at radius 1 is 1.26 bits per heavy atom. The van der Waals surface area contributed by atoms with Crippen molar-refractivity contribution in [1.82, 2.24) is 15.3 Å². The van der Waals surface area contributed by atoms with Crippen molar-refractivity contribution in [3.05, 3.63) is 60.4 Å². The molecule has 2 aromatic heterocycles. The van der Waals surface area contributed by atoms with Gasteiger partial charge in [-0.05, 0) is 43.5 Å². The fourth-order valence-corrected chi connectivity index (χ4v) is 4.53. The van der Waals surface area contributed by atoms with Gasteiger partial charge in [-0.3, -0.25) is 9.59 Å². The minimum Gasteiger partial charge on any atom is -0.456 e. The highest BCUT2D eigenvalue weighted by molar-refractivity contribution is 7.18. The quantitative estimate of drug-likeness (QED) is 0.507. The zero-order valence-corrected chi connectivity index (χ0v) is 19.7. The normalized spacial score (nSPS) is 12.2. The Balaban J connectivity index is 1.73. The number of aryl methyl sites for hydroxylation is 2. The summed E-state index contributed by atoms with van der Waals surface area (Å²) in [5.74, 6) is -1.18. The molecule has 0 radical (unpaired) electrons. The van der Waals surface area contributed by atoms with Gasteiger partial charge in [0.2, 0.25) is 0 Å². The van der Waals surface area contributed by atoms with Crippen LogP contribution in [0, 0.1) is 19.8 Å². The van der Waals surface area contributed by atoms with Gasteiger partial charge in [-0.15, -0.1) is 11.3 Å². The molecule has 2 N–H and O–H groups in total. The van der Waals surface area contributed by atoms with Gasteiger partial charge in [0, 0.05) is 9.90 Å². The molecule has 0 saturated heterocycles. The second-order valence-electron chi connectivity index (χ2n) is 7.40. The number of fused-ring (bicyclic) bond motifs is 1. The van der Waals surface area contributed by atoms with E-state index in [2.05, 4.69) is 15.3 Å². The van der Waals surface area contributed by atoms with Crippen molar-refractivity contribution < 1.29 is 14.3 Å². The second kappa shape index (κ2) is 9.38. The minimum absolute atomic E-state index is 0.178. The van der Waals surface area contributed by atoms with Crippen LogP contribution in [-0.2, 0) is 16.1 Å². The number of hydrogen-bond acceptors (Lipinski definition) is 6. The van der Waals surface area contributed by atoms with Gasteiger partial charge >= 0.3 is 5.97 Å². The molecular formula is C21H21Cl2N3O4S. The fourth-order valence-electron chi connectivity index (χ4n) is 2.99. The number of ether oxygens (including phenoxy) is 1. The van der Waals surface area contributed by atoms with E-state index in [0.29, 0.717) is 15.2 Å². The average molecular weight is 482 g/mol. The third kappa shape index (κ3) is 5.08. The number of carbonyl (C=O) groups is 2. The zero-order valence-electron chi connectivity index (χ0n) is 17.3. The number of nitrogens with zero attached hydrogens (tertiary/aromatic N) is 1. The van der Waals surface area contributed by atoms with E-state index in [-0.39, 0.29) is 34.5 Å². The van der Waals surface area contributed by atoms with Crippen molar-refractivity contribution >= 4 is 56.6 Å². The van der Waals surface area contributed by atoms with Crippen molar-refractivity contribution in [2.45, 2.75) is 40.3 Å². The number of halogens is 2. The molecule has 0 aliphatic rings. The Bertz CT molecular complexity index is 1220. The summed E-state index contributed by atoms with van der Waals surface area (Å²) >= 11 is 13.4. The lowest BCUT2D eigenvalue weighted by atomic mass is 10.0. The number of carbonyl (C=O) groups excluding carboxylic acids is 2. The van der Waals surface area contributed by atoms with E-state index in [9.17, 15) is 14.4 Å². The van der Waals surface area contributed by atoms with Gasteiger partial charge in [-0.25, -0.2) is 9.78 Å². The Morgan fingerprint density at radius 2 is 1.97 bits per heavy atom. The smallest absolute Gasteiger partial charge is 0.329 e. The van der Waals surface area contributed by atoms with Crippen LogP contribution in [0.1, 0.15) is 40.5 Å². The summed E-state index contributed by atoms with van der Waals surface area (Å²) < 4.78 is 5.34. The molecule has 3 aromatic rings. The monoisotopic (exact) mass is 481 g/mol. The topological polar surface area (TPSA) is 101 Å². The summed E-state index contributed by atoms with van der Waals surface area (Å²) in [7, 11) is 0. The van der Waals surface area contributed by atoms with Crippen LogP contribution in [0.4, 0.5) is 0 Å². The number of aromatic amines is 1. The van der Waals surface area contributed by atoms with Crippen LogP contribution in [0.15, 0.2) is 23.0 Å². The van der Waals surface area contributed by atoms with E-state index in [1.54, 1.807) is 13.8 Å². The van der Waals surface area contributed by atoms with Crippen LogP contribution >= 0.6 is 34.5 Å². The summed E-state index contributed by atoms with van der Waals surface area (Å²) in [5, 5.41) is 3.77. The predicted octanol–water partition coefficient (Wildman–Crippen LogP) is 4.41. The van der Waals surface area contributed by atoms with Crippen LogP contribution in [0.25, 0.3) is 10.2 Å². The number of benzene rings is 1. The summed E-state index contributed by atoms with van der Waals surface area (Å²) in [5.41, 5.74) is 0.814. The van der Waals surface area contributed by atoms with Crippen LogP contribution < -0.4 is 10.9 Å². The molecule has 1 unspecified atom stereocenters. The van der Waals surface area contributed by atoms with Crippen molar-refractivity contribution in [3.8, 4) is 0 Å². The van der Waals surface area contributed by atoms with E-state index in [1.165, 1.54) is 29.5 Å². The standard InChI is InChI=1S/C21H21Cl2N3O4S/c1-9(2)17(26-18(27)13-6-5-12(22)7-14(13)23)21(29)30-8-15-24-19(28)16-10(3)11(4)31-20(16)25-15/h5-7,9,17H,8H2,1-4H3,(H,26,27)(H,24,25,28). The maximum atomic E-state index is 12.7. The van der Waals surface area contributed by atoms with E-state index >= 15 is 0 Å². The highest BCUT2D eigenvalue weighted by Crippen LogP contribution is 2.26. The summed E-state index contributed by atoms with van der Waals surface area (Å²) in [6, 6.07) is 3.56. The fraction of sp³-hybridized carbons (Fsp3) is 0.333. The summed E-state index contributed by atoms with van der Waals surface area (Å²) in [6.07, 6.45) is 0. The Morgan fingerprint density at radius 3 is 2.61 bits per heavy atom. The van der Waals surface area contributed by atoms with Crippen molar-refractivity contribution in [3.63, 3.8) is 0 Å². The molecule has 2 heterocycles. The maximum absolute atomic E-state index is 12.7. The first-order chi connectivity index (χ1) is 14.6.